The number of carboxylic acid groups (broad SMARTS) is 2. The lowest BCUT2D eigenvalue weighted by molar-refractivity contribution is -0.144. The summed E-state index contributed by atoms with van der Waals surface area (Å²) in [5.74, 6) is -2.95. The van der Waals surface area contributed by atoms with Crippen LogP contribution < -0.4 is 15.4 Å². The molecule has 0 spiro atoms. The van der Waals surface area contributed by atoms with Crippen LogP contribution in [0.1, 0.15) is 110 Å². The van der Waals surface area contributed by atoms with Crippen molar-refractivity contribution in [2.45, 2.75) is 105 Å². The number of rotatable bonds is 12. The number of benzene rings is 5. The minimum Gasteiger partial charge on any atom is -0.487 e. The lowest BCUT2D eigenvalue weighted by Gasteiger charge is -2.25. The van der Waals surface area contributed by atoms with Gasteiger partial charge in [0.1, 0.15) is 29.1 Å². The zero-order chi connectivity index (χ0) is 50.3. The SMILES string of the molecule is CC.CCC(C)(NC(=O)c1ccc2ccccc2c1C)C(=O)O.CCC(C)(NC(=O)c1ccc2ccccc2c1OCc1ccc(C(F)(F)F)cc1)C(=O)O.CCc1ccc(C(F)(F)F)nc1. The Morgan fingerprint density at radius 2 is 1.06 bits per heavy atom. The van der Waals surface area contributed by atoms with Crippen LogP contribution in [0.4, 0.5) is 26.3 Å². The molecule has 2 amide bonds. The van der Waals surface area contributed by atoms with Crippen molar-refractivity contribution in [3.8, 4) is 5.75 Å². The van der Waals surface area contributed by atoms with Gasteiger partial charge in [0.2, 0.25) is 0 Å². The quantitative estimate of drug-likeness (QED) is 0.0884. The molecule has 6 aromatic rings. The first kappa shape index (κ1) is 54.4. The molecule has 0 aliphatic heterocycles. The number of nitrogens with one attached hydrogen (secondary N) is 2. The number of fused-ring (bicyclic) bond motifs is 2. The van der Waals surface area contributed by atoms with Gasteiger partial charge in [0.15, 0.2) is 0 Å². The Morgan fingerprint density at radius 3 is 1.51 bits per heavy atom. The number of halogens is 6. The summed E-state index contributed by atoms with van der Waals surface area (Å²) in [5, 5.41) is 27.4. The maximum atomic E-state index is 13.0. The number of aromatic nitrogens is 1. The minimum absolute atomic E-state index is 0.0730. The number of hydrogen-bond acceptors (Lipinski definition) is 6. The van der Waals surface area contributed by atoms with Gasteiger partial charge in [0.05, 0.1) is 11.1 Å². The van der Waals surface area contributed by atoms with Crippen molar-refractivity contribution in [1.82, 2.24) is 15.6 Å². The first-order chi connectivity index (χ1) is 31.5. The third-order valence-electron chi connectivity index (χ3n) is 10.9. The summed E-state index contributed by atoms with van der Waals surface area (Å²) in [6.45, 7) is 14.0. The summed E-state index contributed by atoms with van der Waals surface area (Å²) in [5.41, 5.74) is -1.52. The second kappa shape index (κ2) is 23.5. The van der Waals surface area contributed by atoms with E-state index in [9.17, 15) is 55.7 Å². The molecule has 67 heavy (non-hydrogen) atoms. The van der Waals surface area contributed by atoms with Crippen LogP contribution in [0.2, 0.25) is 0 Å². The second-order valence-corrected chi connectivity index (χ2v) is 15.4. The first-order valence-electron chi connectivity index (χ1n) is 21.4. The van der Waals surface area contributed by atoms with Crippen LogP contribution >= 0.6 is 0 Å². The average molecular weight is 936 g/mol. The van der Waals surface area contributed by atoms with Gasteiger partial charge < -0.3 is 25.6 Å². The highest BCUT2D eigenvalue weighted by Gasteiger charge is 2.35. The Balaban J connectivity index is 0.000000290. The summed E-state index contributed by atoms with van der Waals surface area (Å²) in [4.78, 5) is 51.6. The van der Waals surface area contributed by atoms with Gasteiger partial charge in [-0.15, -0.1) is 0 Å². The summed E-state index contributed by atoms with van der Waals surface area (Å²) in [6, 6.07) is 28.8. The smallest absolute Gasteiger partial charge is 0.433 e. The Bertz CT molecular complexity index is 2630. The van der Waals surface area contributed by atoms with E-state index in [0.29, 0.717) is 29.4 Å². The van der Waals surface area contributed by atoms with Crippen molar-refractivity contribution in [2.24, 2.45) is 0 Å². The summed E-state index contributed by atoms with van der Waals surface area (Å²) in [7, 11) is 0. The van der Waals surface area contributed by atoms with Gasteiger partial charge in [-0.2, -0.15) is 26.3 Å². The number of alkyl halides is 6. The lowest BCUT2D eigenvalue weighted by atomic mass is 9.96. The zero-order valence-electron chi connectivity index (χ0n) is 38.4. The standard InChI is InChI=1S/C24H22F3NO4.C17H19NO3.C8H8F3N.C2H6/c1-3-23(2,22(30)31)28-21(29)19-13-10-16-6-4-5-7-18(16)20(19)32-14-15-8-11-17(12-9-15)24(25,26)27;1-4-17(3,16(20)21)18-15(19)14-10-9-12-7-5-6-8-13(12)11(14)2;1-2-6-3-4-7(12-5-6)8(9,10)11;1-2/h4-13H,3,14H2,1-2H3,(H,28,29)(H,30,31);5-10H,4H2,1-3H3,(H,18,19)(H,20,21);3-5H,2H2,1H3;1-2H3. The van der Waals surface area contributed by atoms with Gasteiger partial charge >= 0.3 is 24.3 Å². The predicted molar refractivity (Wildman–Crippen MR) is 246 cm³/mol. The van der Waals surface area contributed by atoms with Crippen molar-refractivity contribution in [3.63, 3.8) is 0 Å². The summed E-state index contributed by atoms with van der Waals surface area (Å²) < 4.78 is 80.2. The van der Waals surface area contributed by atoms with Crippen LogP contribution in [-0.4, -0.2) is 50.0 Å². The van der Waals surface area contributed by atoms with Crippen LogP contribution in [0.5, 0.6) is 5.75 Å². The topological polar surface area (TPSA) is 155 Å². The van der Waals surface area contributed by atoms with Crippen molar-refractivity contribution < 1.29 is 60.5 Å². The van der Waals surface area contributed by atoms with Gasteiger partial charge in [0, 0.05) is 17.1 Å². The zero-order valence-corrected chi connectivity index (χ0v) is 38.4. The average Bonchev–Trinajstić information content (AvgIpc) is 3.31. The van der Waals surface area contributed by atoms with Gasteiger partial charge in [-0.25, -0.2) is 9.59 Å². The minimum atomic E-state index is -4.43. The fourth-order valence-electron chi connectivity index (χ4n) is 6.22. The van der Waals surface area contributed by atoms with Crippen molar-refractivity contribution >= 4 is 45.3 Å². The highest BCUT2D eigenvalue weighted by atomic mass is 19.4. The molecule has 358 valence electrons. The predicted octanol–water partition coefficient (Wildman–Crippen LogP) is 12.2. The third kappa shape index (κ3) is 14.3. The number of carbonyl (C=O) groups excluding carboxylic acids is 2. The van der Waals surface area contributed by atoms with E-state index in [1.54, 1.807) is 38.1 Å². The molecule has 0 radical (unpaired) electrons. The van der Waals surface area contributed by atoms with E-state index < -0.39 is 52.5 Å². The fraction of sp³-hybridized carbons (Fsp3) is 0.314. The van der Waals surface area contributed by atoms with Crippen molar-refractivity contribution in [3.05, 3.63) is 154 Å². The van der Waals surface area contributed by atoms with Gasteiger partial charge in [-0.3, -0.25) is 14.6 Å². The molecule has 0 saturated carbocycles. The number of carboxylic acids is 2. The number of aryl methyl sites for hydroxylation is 2. The van der Waals surface area contributed by atoms with Gasteiger partial charge in [-0.1, -0.05) is 113 Å². The van der Waals surface area contributed by atoms with Crippen LogP contribution in [0.15, 0.2) is 115 Å². The third-order valence-corrected chi connectivity index (χ3v) is 10.9. The van der Waals surface area contributed by atoms with E-state index in [0.717, 1.165) is 45.5 Å². The molecule has 5 aromatic carbocycles. The van der Waals surface area contributed by atoms with E-state index in [4.69, 9.17) is 4.74 Å². The van der Waals surface area contributed by atoms with E-state index >= 15 is 0 Å². The van der Waals surface area contributed by atoms with Crippen LogP contribution in [0.3, 0.4) is 0 Å². The largest absolute Gasteiger partial charge is 0.487 e. The number of aliphatic carboxylic acids is 2. The molecule has 16 heteroatoms. The molecular weight excluding hydrogens is 881 g/mol. The lowest BCUT2D eigenvalue weighted by Crippen LogP contribution is -2.51. The normalized spacial score (nSPS) is 12.9. The molecule has 0 aliphatic carbocycles. The Labute approximate surface area is 385 Å². The molecule has 0 fully saturated rings. The summed E-state index contributed by atoms with van der Waals surface area (Å²) >= 11 is 0. The van der Waals surface area contributed by atoms with E-state index in [2.05, 4.69) is 15.6 Å². The molecular formula is C51H55F6N3O7. The molecule has 0 bridgehead atoms. The molecule has 1 heterocycles. The Kier molecular flexibility index (Phi) is 19.0. The van der Waals surface area contributed by atoms with Gasteiger partial charge in [0.25, 0.3) is 11.8 Å². The molecule has 2 unspecified atom stereocenters. The molecule has 4 N–H and O–H groups in total. The summed E-state index contributed by atoms with van der Waals surface area (Å²) in [6.07, 6.45) is -6.32. The number of amides is 2. The van der Waals surface area contributed by atoms with Crippen molar-refractivity contribution in [1.29, 1.82) is 0 Å². The molecule has 1 aromatic heterocycles. The Morgan fingerprint density at radius 1 is 0.597 bits per heavy atom. The number of ether oxygens (including phenoxy) is 1. The van der Waals surface area contributed by atoms with Crippen molar-refractivity contribution in [2.75, 3.05) is 0 Å². The number of nitrogens with zero attached hydrogens (tertiary/aromatic N) is 1. The molecule has 0 saturated heterocycles. The van der Waals surface area contributed by atoms with Gasteiger partial charge in [-0.05, 0) is 103 Å². The van der Waals surface area contributed by atoms with Crippen LogP contribution in [0.25, 0.3) is 21.5 Å². The highest BCUT2D eigenvalue weighted by molar-refractivity contribution is 6.05. The Hall–Kier alpha value is -6.97. The molecule has 2 atom stereocenters. The van der Waals surface area contributed by atoms with Crippen LogP contribution in [-0.2, 0) is 35.0 Å². The maximum absolute atomic E-state index is 13.0. The van der Waals surface area contributed by atoms with E-state index in [1.807, 2.05) is 70.2 Å². The first-order valence-corrected chi connectivity index (χ1v) is 21.4. The molecule has 10 nitrogen and oxygen atoms in total. The number of carbonyl (C=O) groups is 4. The molecule has 0 aliphatic rings. The van der Waals surface area contributed by atoms with Crippen LogP contribution in [0, 0.1) is 6.92 Å². The second-order valence-electron chi connectivity index (χ2n) is 15.4. The highest BCUT2D eigenvalue weighted by Crippen LogP contribution is 2.33. The number of hydrogen-bond donors (Lipinski definition) is 4. The fourth-order valence-corrected chi connectivity index (χ4v) is 6.22. The van der Waals surface area contributed by atoms with E-state index in [1.165, 1.54) is 44.3 Å². The number of pyridine rings is 1. The molecule has 6 rings (SSSR count). The maximum Gasteiger partial charge on any atom is 0.433 e. The monoisotopic (exact) mass is 935 g/mol. The van der Waals surface area contributed by atoms with E-state index in [-0.39, 0.29) is 30.2 Å².